The summed E-state index contributed by atoms with van der Waals surface area (Å²) in [6, 6.07) is 0.638. The first-order valence-corrected chi connectivity index (χ1v) is 10.3. The molecule has 1 amide bonds. The van der Waals surface area contributed by atoms with Crippen LogP contribution in [0, 0.1) is 5.92 Å². The Morgan fingerprint density at radius 2 is 1.96 bits per heavy atom. The molecule has 3 fully saturated rings. The Morgan fingerprint density at radius 1 is 1.04 bits per heavy atom. The van der Waals surface area contributed by atoms with Crippen molar-refractivity contribution in [2.45, 2.75) is 82.3 Å². The number of rotatable bonds is 2. The van der Waals surface area contributed by atoms with Crippen LogP contribution in [-0.2, 0) is 17.8 Å². The number of carbonyl (C=O) groups excluding carboxylic acids is 1. The molecule has 136 valence electrons. The molecule has 4 heterocycles. The van der Waals surface area contributed by atoms with Crippen molar-refractivity contribution in [2.75, 3.05) is 13.1 Å². The molecular formula is C19H29N5O. The van der Waals surface area contributed by atoms with E-state index in [-0.39, 0.29) is 6.04 Å². The Bertz CT molecular complexity index is 642. The smallest absolute Gasteiger partial charge is 0.239 e. The average Bonchev–Trinajstić information content (AvgIpc) is 3.35. The SMILES string of the molecule is O=C([C@@H]1C[C@@H]2CCCC[C@@H]2N1)N1CCC[C@@H](c2nnc3n2CCC3)C1. The molecule has 1 N–H and O–H groups in total. The van der Waals surface area contributed by atoms with Crippen LogP contribution in [0.2, 0.25) is 0 Å². The molecule has 5 rings (SSSR count). The van der Waals surface area contributed by atoms with Crippen molar-refractivity contribution in [3.05, 3.63) is 11.6 Å². The first-order chi connectivity index (χ1) is 12.3. The number of hydrogen-bond acceptors (Lipinski definition) is 4. The van der Waals surface area contributed by atoms with Gasteiger partial charge in [0, 0.05) is 38.0 Å². The number of nitrogens with one attached hydrogen (secondary N) is 1. The minimum absolute atomic E-state index is 0.0518. The number of aryl methyl sites for hydroxylation is 1. The number of likely N-dealkylation sites (tertiary alicyclic amines) is 1. The van der Waals surface area contributed by atoms with E-state index in [0.29, 0.717) is 17.9 Å². The number of fused-ring (bicyclic) bond motifs is 2. The molecule has 1 aromatic rings. The van der Waals surface area contributed by atoms with Crippen molar-refractivity contribution in [3.8, 4) is 0 Å². The zero-order chi connectivity index (χ0) is 16.8. The van der Waals surface area contributed by atoms with Crippen molar-refractivity contribution in [1.29, 1.82) is 0 Å². The molecule has 4 atom stereocenters. The quantitative estimate of drug-likeness (QED) is 0.890. The maximum Gasteiger partial charge on any atom is 0.239 e. The predicted molar refractivity (Wildman–Crippen MR) is 94.2 cm³/mol. The van der Waals surface area contributed by atoms with Gasteiger partial charge in [0.05, 0.1) is 6.04 Å². The summed E-state index contributed by atoms with van der Waals surface area (Å²) < 4.78 is 2.31. The normalized spacial score (nSPS) is 34.8. The lowest BCUT2D eigenvalue weighted by Crippen LogP contribution is -2.48. The van der Waals surface area contributed by atoms with Gasteiger partial charge in [-0.15, -0.1) is 10.2 Å². The second kappa shape index (κ2) is 6.38. The highest BCUT2D eigenvalue weighted by Crippen LogP contribution is 2.35. The predicted octanol–water partition coefficient (Wildman–Crippen LogP) is 1.85. The molecule has 0 spiro atoms. The first kappa shape index (κ1) is 15.8. The minimum atomic E-state index is 0.0518. The van der Waals surface area contributed by atoms with Gasteiger partial charge in [-0.05, 0) is 44.4 Å². The third kappa shape index (κ3) is 2.78. The van der Waals surface area contributed by atoms with Gasteiger partial charge in [-0.3, -0.25) is 4.79 Å². The summed E-state index contributed by atoms with van der Waals surface area (Å²) in [5.41, 5.74) is 0. The third-order valence-corrected chi connectivity index (χ3v) is 6.90. The van der Waals surface area contributed by atoms with Crippen LogP contribution < -0.4 is 5.32 Å². The molecule has 4 aliphatic rings. The minimum Gasteiger partial charge on any atom is -0.341 e. The van der Waals surface area contributed by atoms with Gasteiger partial charge in [0.2, 0.25) is 5.91 Å². The first-order valence-electron chi connectivity index (χ1n) is 10.3. The topological polar surface area (TPSA) is 63.1 Å². The van der Waals surface area contributed by atoms with E-state index < -0.39 is 0 Å². The maximum atomic E-state index is 13.1. The molecule has 0 unspecified atom stereocenters. The highest BCUT2D eigenvalue weighted by molar-refractivity contribution is 5.82. The van der Waals surface area contributed by atoms with Gasteiger partial charge in [0.25, 0.3) is 0 Å². The standard InChI is InChI=1S/C19H29N5O/c25-19(16-11-13-5-1-2-7-15(13)20-16)23-9-3-6-14(12-23)18-22-21-17-8-4-10-24(17)18/h13-16,20H,1-12H2/t13-,14+,15-,16-/m0/s1. The van der Waals surface area contributed by atoms with Crippen LogP contribution in [0.3, 0.4) is 0 Å². The number of hydrogen-bond donors (Lipinski definition) is 1. The van der Waals surface area contributed by atoms with Gasteiger partial charge in [0.1, 0.15) is 11.6 Å². The number of nitrogens with zero attached hydrogens (tertiary/aromatic N) is 4. The highest BCUT2D eigenvalue weighted by atomic mass is 16.2. The molecule has 1 aromatic heterocycles. The van der Waals surface area contributed by atoms with Gasteiger partial charge in [-0.25, -0.2) is 0 Å². The van der Waals surface area contributed by atoms with Gasteiger partial charge in [-0.2, -0.15) is 0 Å². The number of amides is 1. The molecule has 0 radical (unpaired) electrons. The molecule has 1 aliphatic carbocycles. The maximum absolute atomic E-state index is 13.1. The summed E-state index contributed by atoms with van der Waals surface area (Å²) >= 11 is 0. The fourth-order valence-electron chi connectivity index (χ4n) is 5.59. The molecule has 0 aromatic carbocycles. The van der Waals surface area contributed by atoms with Crippen LogP contribution in [-0.4, -0.2) is 50.7 Å². The van der Waals surface area contributed by atoms with Crippen LogP contribution in [0.1, 0.15) is 68.9 Å². The zero-order valence-corrected chi connectivity index (χ0v) is 15.0. The molecule has 3 aliphatic heterocycles. The Balaban J connectivity index is 1.27. The van der Waals surface area contributed by atoms with Crippen molar-refractivity contribution < 1.29 is 4.79 Å². The van der Waals surface area contributed by atoms with E-state index in [1.165, 1.54) is 32.1 Å². The van der Waals surface area contributed by atoms with Crippen molar-refractivity contribution >= 4 is 5.91 Å². The Labute approximate surface area is 149 Å². The van der Waals surface area contributed by atoms with E-state index in [1.54, 1.807) is 0 Å². The van der Waals surface area contributed by atoms with Crippen molar-refractivity contribution in [2.24, 2.45) is 5.92 Å². The summed E-state index contributed by atoms with van der Waals surface area (Å²) in [6.45, 7) is 2.78. The third-order valence-electron chi connectivity index (χ3n) is 6.90. The number of carbonyl (C=O) groups is 1. The van der Waals surface area contributed by atoms with Crippen molar-refractivity contribution in [1.82, 2.24) is 25.0 Å². The molecule has 6 heteroatoms. The second-order valence-electron chi connectivity index (χ2n) is 8.46. The largest absolute Gasteiger partial charge is 0.341 e. The lowest BCUT2D eigenvalue weighted by Gasteiger charge is -2.34. The molecular weight excluding hydrogens is 314 g/mol. The molecule has 25 heavy (non-hydrogen) atoms. The van der Waals surface area contributed by atoms with E-state index in [2.05, 4.69) is 25.0 Å². The van der Waals surface area contributed by atoms with E-state index >= 15 is 0 Å². The summed E-state index contributed by atoms with van der Waals surface area (Å²) in [4.78, 5) is 15.2. The van der Waals surface area contributed by atoms with E-state index in [0.717, 1.165) is 62.9 Å². The fourth-order valence-corrected chi connectivity index (χ4v) is 5.59. The van der Waals surface area contributed by atoms with Crippen LogP contribution in [0.15, 0.2) is 0 Å². The molecule has 2 saturated heterocycles. The summed E-state index contributed by atoms with van der Waals surface area (Å²) in [5, 5.41) is 12.5. The van der Waals surface area contributed by atoms with Crippen LogP contribution in [0.25, 0.3) is 0 Å². The van der Waals surface area contributed by atoms with Gasteiger partial charge < -0.3 is 14.8 Å². The van der Waals surface area contributed by atoms with Crippen LogP contribution in [0.5, 0.6) is 0 Å². The zero-order valence-electron chi connectivity index (χ0n) is 15.0. The molecule has 6 nitrogen and oxygen atoms in total. The number of piperidine rings is 1. The molecule has 1 saturated carbocycles. The van der Waals surface area contributed by atoms with Crippen LogP contribution in [0.4, 0.5) is 0 Å². The highest BCUT2D eigenvalue weighted by Gasteiger charge is 2.41. The van der Waals surface area contributed by atoms with Crippen LogP contribution >= 0.6 is 0 Å². The monoisotopic (exact) mass is 343 g/mol. The fraction of sp³-hybridized carbons (Fsp3) is 0.842. The summed E-state index contributed by atoms with van der Waals surface area (Å²) in [7, 11) is 0. The summed E-state index contributed by atoms with van der Waals surface area (Å²) in [5.74, 6) is 3.68. The second-order valence-corrected chi connectivity index (χ2v) is 8.46. The van der Waals surface area contributed by atoms with E-state index in [9.17, 15) is 4.79 Å². The average molecular weight is 343 g/mol. The van der Waals surface area contributed by atoms with Gasteiger partial charge in [-0.1, -0.05) is 12.8 Å². The van der Waals surface area contributed by atoms with Gasteiger partial charge in [0.15, 0.2) is 0 Å². The molecule has 0 bridgehead atoms. The Hall–Kier alpha value is -1.43. The Morgan fingerprint density at radius 3 is 2.88 bits per heavy atom. The van der Waals surface area contributed by atoms with Gasteiger partial charge >= 0.3 is 0 Å². The summed E-state index contributed by atoms with van der Waals surface area (Å²) in [6.07, 6.45) is 10.7. The lowest BCUT2D eigenvalue weighted by atomic mass is 9.85. The Kier molecular flexibility index (Phi) is 4.03. The number of aromatic nitrogens is 3. The lowest BCUT2D eigenvalue weighted by molar-refractivity contribution is -0.134. The van der Waals surface area contributed by atoms with E-state index in [4.69, 9.17) is 0 Å². The van der Waals surface area contributed by atoms with Crippen molar-refractivity contribution in [3.63, 3.8) is 0 Å². The van der Waals surface area contributed by atoms with E-state index in [1.807, 2.05) is 0 Å².